The van der Waals surface area contributed by atoms with Gasteiger partial charge in [-0.05, 0) is 43.0 Å². The average molecular weight is 284 g/mol. The van der Waals surface area contributed by atoms with Gasteiger partial charge in [-0.1, -0.05) is 12.1 Å². The summed E-state index contributed by atoms with van der Waals surface area (Å²) in [6, 6.07) is 8.86. The fraction of sp³-hybridized carbons (Fsp3) is 0.312. The van der Waals surface area contributed by atoms with Gasteiger partial charge < -0.3 is 10.4 Å². The van der Waals surface area contributed by atoms with Crippen molar-refractivity contribution in [2.45, 2.75) is 25.3 Å². The summed E-state index contributed by atoms with van der Waals surface area (Å²) in [7, 11) is 0. The van der Waals surface area contributed by atoms with E-state index in [4.69, 9.17) is 10.4 Å². The second kappa shape index (κ2) is 6.71. The molecule has 5 nitrogen and oxygen atoms in total. The van der Waals surface area contributed by atoms with Gasteiger partial charge in [0.25, 0.3) is 0 Å². The topological polar surface area (TPSA) is 90.2 Å². The molecule has 1 fully saturated rings. The summed E-state index contributed by atoms with van der Waals surface area (Å²) in [5.41, 5.74) is 1.40. The van der Waals surface area contributed by atoms with Crippen molar-refractivity contribution in [3.8, 4) is 6.07 Å². The van der Waals surface area contributed by atoms with Crippen LogP contribution in [-0.4, -0.2) is 23.0 Å². The molecule has 21 heavy (non-hydrogen) atoms. The minimum Gasteiger partial charge on any atom is -0.481 e. The highest BCUT2D eigenvalue weighted by Crippen LogP contribution is 2.25. The zero-order chi connectivity index (χ0) is 15.2. The molecule has 1 aliphatic rings. The molecule has 5 heteroatoms. The zero-order valence-electron chi connectivity index (χ0n) is 11.5. The number of benzene rings is 1. The quantitative estimate of drug-likeness (QED) is 0.827. The number of carboxylic acid groups (broad SMARTS) is 1. The van der Waals surface area contributed by atoms with Crippen LogP contribution in [0, 0.1) is 17.2 Å². The Hall–Kier alpha value is -2.61. The number of nitriles is 1. The summed E-state index contributed by atoms with van der Waals surface area (Å²) in [5, 5.41) is 20.4. The molecule has 0 heterocycles. The number of aliphatic carboxylic acids is 1. The standard InChI is InChI=1S/C16H16N2O3/c17-10-12-3-1-11(2-4-12)5-8-15(19)18-14-7-6-13(9-14)16(20)21/h1-5,8,13-14H,6-7,9H2,(H,18,19)(H,20,21). The third-order valence-electron chi connectivity index (χ3n) is 3.60. The first kappa shape index (κ1) is 14.8. The van der Waals surface area contributed by atoms with Gasteiger partial charge in [-0.25, -0.2) is 0 Å². The fourth-order valence-electron chi connectivity index (χ4n) is 2.43. The molecule has 1 aromatic rings. The Kier molecular flexibility index (Phi) is 4.72. The van der Waals surface area contributed by atoms with Crippen LogP contribution in [0.2, 0.25) is 0 Å². The Morgan fingerprint density at radius 3 is 2.57 bits per heavy atom. The first-order valence-corrected chi connectivity index (χ1v) is 6.80. The molecule has 0 radical (unpaired) electrons. The van der Waals surface area contributed by atoms with Crippen molar-refractivity contribution in [2.75, 3.05) is 0 Å². The molecule has 0 spiro atoms. The van der Waals surface area contributed by atoms with Crippen LogP contribution in [0.1, 0.15) is 30.4 Å². The lowest BCUT2D eigenvalue weighted by Gasteiger charge is -2.10. The molecule has 2 N–H and O–H groups in total. The van der Waals surface area contributed by atoms with Crippen LogP contribution in [0.25, 0.3) is 6.08 Å². The molecule has 2 rings (SSSR count). The maximum atomic E-state index is 11.8. The zero-order valence-corrected chi connectivity index (χ0v) is 11.5. The van der Waals surface area contributed by atoms with E-state index >= 15 is 0 Å². The third kappa shape index (κ3) is 4.18. The predicted molar refractivity (Wildman–Crippen MR) is 77.1 cm³/mol. The molecular formula is C16H16N2O3. The SMILES string of the molecule is N#Cc1ccc(C=CC(=O)NC2CCC(C(=O)O)C2)cc1. The number of carboxylic acids is 1. The molecule has 0 aliphatic heterocycles. The summed E-state index contributed by atoms with van der Waals surface area (Å²) in [4.78, 5) is 22.6. The molecule has 1 aliphatic carbocycles. The van der Waals surface area contributed by atoms with Crippen LogP contribution < -0.4 is 5.32 Å². The number of nitrogens with zero attached hydrogens (tertiary/aromatic N) is 1. The van der Waals surface area contributed by atoms with Crippen molar-refractivity contribution in [1.29, 1.82) is 5.26 Å². The molecule has 1 saturated carbocycles. The van der Waals surface area contributed by atoms with Crippen LogP contribution in [-0.2, 0) is 9.59 Å². The second-order valence-corrected chi connectivity index (χ2v) is 5.12. The summed E-state index contributed by atoms with van der Waals surface area (Å²) >= 11 is 0. The van der Waals surface area contributed by atoms with Crippen LogP contribution >= 0.6 is 0 Å². The predicted octanol–water partition coefficient (Wildman–Crippen LogP) is 1.94. The van der Waals surface area contributed by atoms with E-state index in [1.54, 1.807) is 30.3 Å². The molecule has 108 valence electrons. The van der Waals surface area contributed by atoms with E-state index < -0.39 is 5.97 Å². The Labute approximate surface area is 122 Å². The van der Waals surface area contributed by atoms with Crippen molar-refractivity contribution >= 4 is 18.0 Å². The van der Waals surface area contributed by atoms with Crippen molar-refractivity contribution in [3.05, 3.63) is 41.5 Å². The first-order chi connectivity index (χ1) is 10.1. The maximum Gasteiger partial charge on any atom is 0.306 e. The second-order valence-electron chi connectivity index (χ2n) is 5.12. The van der Waals surface area contributed by atoms with Crippen molar-refractivity contribution in [3.63, 3.8) is 0 Å². The normalized spacial score (nSPS) is 21.1. The largest absolute Gasteiger partial charge is 0.481 e. The monoisotopic (exact) mass is 284 g/mol. The molecular weight excluding hydrogens is 268 g/mol. The van der Waals surface area contributed by atoms with Crippen LogP contribution in [0.3, 0.4) is 0 Å². The number of carbonyl (C=O) groups excluding carboxylic acids is 1. The van der Waals surface area contributed by atoms with Crippen molar-refractivity contribution < 1.29 is 14.7 Å². The summed E-state index contributed by atoms with van der Waals surface area (Å²) in [6.07, 6.45) is 4.90. The van der Waals surface area contributed by atoms with E-state index in [-0.39, 0.29) is 17.9 Å². The van der Waals surface area contributed by atoms with E-state index in [9.17, 15) is 9.59 Å². The van der Waals surface area contributed by atoms with E-state index in [1.807, 2.05) is 6.07 Å². The number of nitrogens with one attached hydrogen (secondary N) is 1. The smallest absolute Gasteiger partial charge is 0.306 e. The number of rotatable bonds is 4. The Balaban J connectivity index is 1.85. The van der Waals surface area contributed by atoms with Gasteiger partial charge in [0.2, 0.25) is 5.91 Å². The maximum absolute atomic E-state index is 11.8. The number of carbonyl (C=O) groups is 2. The molecule has 0 saturated heterocycles. The highest BCUT2D eigenvalue weighted by Gasteiger charge is 2.30. The summed E-state index contributed by atoms with van der Waals surface area (Å²) in [5.74, 6) is -1.37. The number of hydrogen-bond donors (Lipinski definition) is 2. The molecule has 2 unspecified atom stereocenters. The van der Waals surface area contributed by atoms with Gasteiger partial charge in [0, 0.05) is 12.1 Å². The number of amides is 1. The lowest BCUT2D eigenvalue weighted by Crippen LogP contribution is -2.31. The summed E-state index contributed by atoms with van der Waals surface area (Å²) in [6.45, 7) is 0. The Bertz CT molecular complexity index is 599. The fourth-order valence-corrected chi connectivity index (χ4v) is 2.43. The minimum absolute atomic E-state index is 0.0655. The lowest BCUT2D eigenvalue weighted by atomic mass is 10.1. The van der Waals surface area contributed by atoms with Crippen LogP contribution in [0.4, 0.5) is 0 Å². The van der Waals surface area contributed by atoms with E-state index in [1.165, 1.54) is 6.08 Å². The van der Waals surface area contributed by atoms with Crippen LogP contribution in [0.15, 0.2) is 30.3 Å². The van der Waals surface area contributed by atoms with E-state index in [0.717, 1.165) is 5.56 Å². The molecule has 2 atom stereocenters. The molecule has 1 aromatic carbocycles. The number of hydrogen-bond acceptors (Lipinski definition) is 3. The molecule has 1 amide bonds. The third-order valence-corrected chi connectivity index (χ3v) is 3.60. The van der Waals surface area contributed by atoms with Gasteiger partial charge in [0.1, 0.15) is 0 Å². The Morgan fingerprint density at radius 1 is 1.29 bits per heavy atom. The average Bonchev–Trinajstić information content (AvgIpc) is 2.94. The van der Waals surface area contributed by atoms with Gasteiger partial charge >= 0.3 is 5.97 Å². The van der Waals surface area contributed by atoms with Gasteiger partial charge in [0.15, 0.2) is 0 Å². The van der Waals surface area contributed by atoms with Gasteiger partial charge in [-0.15, -0.1) is 0 Å². The highest BCUT2D eigenvalue weighted by molar-refractivity contribution is 5.92. The first-order valence-electron chi connectivity index (χ1n) is 6.80. The van der Waals surface area contributed by atoms with Crippen molar-refractivity contribution in [1.82, 2.24) is 5.32 Å². The lowest BCUT2D eigenvalue weighted by molar-refractivity contribution is -0.141. The van der Waals surface area contributed by atoms with Gasteiger partial charge in [-0.2, -0.15) is 5.26 Å². The molecule has 0 bridgehead atoms. The molecule has 0 aromatic heterocycles. The van der Waals surface area contributed by atoms with Crippen molar-refractivity contribution in [2.24, 2.45) is 5.92 Å². The minimum atomic E-state index is -0.792. The Morgan fingerprint density at radius 2 is 2.00 bits per heavy atom. The summed E-state index contributed by atoms with van der Waals surface area (Å²) < 4.78 is 0. The van der Waals surface area contributed by atoms with Gasteiger partial charge in [0.05, 0.1) is 17.6 Å². The van der Waals surface area contributed by atoms with Crippen LogP contribution in [0.5, 0.6) is 0 Å². The van der Waals surface area contributed by atoms with E-state index in [0.29, 0.717) is 24.8 Å². The van der Waals surface area contributed by atoms with E-state index in [2.05, 4.69) is 5.32 Å². The highest BCUT2D eigenvalue weighted by atomic mass is 16.4. The van der Waals surface area contributed by atoms with Gasteiger partial charge in [-0.3, -0.25) is 9.59 Å².